The zero-order valence-electron chi connectivity index (χ0n) is 12.9. The molecule has 2 aliphatic carbocycles. The van der Waals surface area contributed by atoms with Gasteiger partial charge in [0.15, 0.2) is 0 Å². The van der Waals surface area contributed by atoms with Gasteiger partial charge in [-0.2, -0.15) is 0 Å². The average molecular weight is 448 g/mol. The molecule has 0 heterocycles. The van der Waals surface area contributed by atoms with Gasteiger partial charge in [0.05, 0.1) is 0 Å². The van der Waals surface area contributed by atoms with Crippen molar-refractivity contribution in [2.45, 2.75) is 19.8 Å². The van der Waals surface area contributed by atoms with Gasteiger partial charge in [-0.25, -0.2) is 0 Å². The van der Waals surface area contributed by atoms with Crippen LogP contribution in [0.25, 0.3) is 11.1 Å². The van der Waals surface area contributed by atoms with Crippen molar-refractivity contribution < 1.29 is 24.4 Å². The van der Waals surface area contributed by atoms with Gasteiger partial charge in [0.2, 0.25) is 0 Å². The van der Waals surface area contributed by atoms with Crippen LogP contribution in [0.3, 0.4) is 0 Å². The molecule has 0 spiro atoms. The normalized spacial score (nSPS) is 16.1. The Morgan fingerprint density at radius 2 is 1.36 bits per heavy atom. The predicted octanol–water partition coefficient (Wildman–Crippen LogP) is 5.51. The van der Waals surface area contributed by atoms with Crippen LogP contribution in [0, 0.1) is 0 Å². The van der Waals surface area contributed by atoms with E-state index in [-0.39, 0.29) is 0 Å². The van der Waals surface area contributed by atoms with Crippen molar-refractivity contribution in [1.29, 1.82) is 0 Å². The molecular formula is C21H17Hf. The second kappa shape index (κ2) is 5.31. The molecule has 105 valence electrons. The molecule has 0 saturated heterocycles. The van der Waals surface area contributed by atoms with Crippen LogP contribution in [0.4, 0.5) is 0 Å². The summed E-state index contributed by atoms with van der Waals surface area (Å²) >= 11 is 1.09. The third kappa shape index (κ3) is 1.99. The molecule has 0 fully saturated rings. The van der Waals surface area contributed by atoms with Crippen molar-refractivity contribution in [2.24, 2.45) is 0 Å². The summed E-state index contributed by atoms with van der Waals surface area (Å²) in [6.45, 7) is 4.44. The number of rotatable bonds is 1. The number of hydrogen-bond donors (Lipinski definition) is 0. The molecule has 0 amide bonds. The fraction of sp³-hybridized carbons (Fsp3) is 0.143. The first-order valence-corrected chi connectivity index (χ1v) is 9.48. The molecule has 2 aromatic rings. The second-order valence-corrected chi connectivity index (χ2v) is 7.98. The molecule has 0 saturated carbocycles. The van der Waals surface area contributed by atoms with E-state index in [1.807, 2.05) is 0 Å². The van der Waals surface area contributed by atoms with Gasteiger partial charge in [-0.3, -0.25) is 0 Å². The van der Waals surface area contributed by atoms with E-state index >= 15 is 0 Å². The van der Waals surface area contributed by atoms with E-state index < -0.39 is 0 Å². The van der Waals surface area contributed by atoms with Crippen LogP contribution >= 0.6 is 0 Å². The van der Waals surface area contributed by atoms with E-state index in [0.717, 1.165) is 24.4 Å². The van der Waals surface area contributed by atoms with Crippen molar-refractivity contribution >= 4 is 0 Å². The van der Waals surface area contributed by atoms with Gasteiger partial charge in [-0.05, 0) is 0 Å². The van der Waals surface area contributed by atoms with E-state index in [9.17, 15) is 0 Å². The molecule has 0 unspecified atom stereocenters. The van der Waals surface area contributed by atoms with Crippen LogP contribution in [-0.4, -0.2) is 0 Å². The van der Waals surface area contributed by atoms with Gasteiger partial charge in [0, 0.05) is 0 Å². The molecule has 2 aromatic carbocycles. The summed E-state index contributed by atoms with van der Waals surface area (Å²) in [6.07, 6.45) is 4.67. The van der Waals surface area contributed by atoms with Gasteiger partial charge >= 0.3 is 147 Å². The zero-order chi connectivity index (χ0) is 15.3. The zero-order valence-corrected chi connectivity index (χ0v) is 16.4. The number of fused-ring (bicyclic) bond motifs is 3. The van der Waals surface area contributed by atoms with Gasteiger partial charge < -0.3 is 0 Å². The van der Waals surface area contributed by atoms with E-state index in [4.69, 9.17) is 0 Å². The Morgan fingerprint density at radius 3 is 1.86 bits per heavy atom. The number of benzene rings is 2. The van der Waals surface area contributed by atoms with Gasteiger partial charge in [0.25, 0.3) is 0 Å². The Bertz CT molecular complexity index is 815. The molecule has 0 N–H and O–H groups in total. The van der Waals surface area contributed by atoms with Crippen LogP contribution in [-0.2, 0) is 24.4 Å². The monoisotopic (exact) mass is 449 g/mol. The summed E-state index contributed by atoms with van der Waals surface area (Å²) in [5.74, 6) is 0.410. The Balaban J connectivity index is 1.98. The molecule has 0 bridgehead atoms. The second-order valence-electron chi connectivity index (χ2n) is 6.18. The molecular weight excluding hydrogens is 431 g/mol. The molecule has 0 aliphatic heterocycles. The summed E-state index contributed by atoms with van der Waals surface area (Å²) < 4.78 is 1.57. The standard InChI is InChI=1S/C21H17.Hf/c1-14(2)15-11-12-16(13-15)21-19-9-5-3-7-17(19)18-8-4-6-10-20(18)21;/h3-12,21H,1-2H3;. The first kappa shape index (κ1) is 14.1. The Hall–Kier alpha value is -1.47. The summed E-state index contributed by atoms with van der Waals surface area (Å²) in [5, 5.41) is 0. The van der Waals surface area contributed by atoms with E-state index in [1.165, 1.54) is 39.0 Å². The molecule has 22 heavy (non-hydrogen) atoms. The molecule has 2 aliphatic rings. The molecule has 1 heteroatoms. The predicted molar refractivity (Wildman–Crippen MR) is 88.3 cm³/mol. The SMILES string of the molecule is CC(C)=C1C=CC(C2c3ccccc3-c3ccccc32)=[C]1[Hf]. The molecule has 0 radical (unpaired) electrons. The van der Waals surface area contributed by atoms with Crippen molar-refractivity contribution in [3.8, 4) is 11.1 Å². The van der Waals surface area contributed by atoms with Crippen LogP contribution < -0.4 is 0 Å². The van der Waals surface area contributed by atoms with E-state index in [0.29, 0.717) is 5.92 Å². The topological polar surface area (TPSA) is 0 Å². The van der Waals surface area contributed by atoms with Crippen molar-refractivity contribution in [2.75, 3.05) is 0 Å². The molecule has 0 nitrogen and oxygen atoms in total. The summed E-state index contributed by atoms with van der Waals surface area (Å²) in [4.78, 5) is 0. The quantitative estimate of drug-likeness (QED) is 0.506. The van der Waals surface area contributed by atoms with Gasteiger partial charge in [0.1, 0.15) is 0 Å². The minimum absolute atomic E-state index is 0.410. The van der Waals surface area contributed by atoms with Crippen molar-refractivity contribution in [3.63, 3.8) is 0 Å². The fourth-order valence-corrected chi connectivity index (χ4v) is 5.66. The Kier molecular flexibility index (Phi) is 3.42. The van der Waals surface area contributed by atoms with Crippen LogP contribution in [0.15, 0.2) is 80.7 Å². The maximum atomic E-state index is 2.36. The summed E-state index contributed by atoms with van der Waals surface area (Å²) in [5.41, 5.74) is 10.1. The van der Waals surface area contributed by atoms with Crippen molar-refractivity contribution in [3.05, 3.63) is 91.9 Å². The Morgan fingerprint density at radius 1 is 0.818 bits per heavy atom. The Labute approximate surface area is 146 Å². The molecule has 0 atom stereocenters. The summed E-state index contributed by atoms with van der Waals surface area (Å²) in [6, 6.07) is 17.8. The third-order valence-corrected chi connectivity index (χ3v) is 6.68. The first-order valence-electron chi connectivity index (χ1n) is 7.68. The molecule has 0 aromatic heterocycles. The fourth-order valence-electron chi connectivity index (χ4n) is 3.64. The van der Waals surface area contributed by atoms with Gasteiger partial charge in [-0.1, -0.05) is 0 Å². The van der Waals surface area contributed by atoms with Gasteiger partial charge in [-0.15, -0.1) is 0 Å². The first-order chi connectivity index (χ1) is 10.7. The van der Waals surface area contributed by atoms with E-state index in [1.54, 1.807) is 3.33 Å². The van der Waals surface area contributed by atoms with Crippen LogP contribution in [0.1, 0.15) is 30.9 Å². The average Bonchev–Trinajstić information content (AvgIpc) is 3.05. The molecule has 4 rings (SSSR count). The van der Waals surface area contributed by atoms with Crippen molar-refractivity contribution in [1.82, 2.24) is 0 Å². The van der Waals surface area contributed by atoms with E-state index in [2.05, 4.69) is 74.5 Å². The maximum absolute atomic E-state index is 2.36. The number of hydrogen-bond acceptors (Lipinski definition) is 0. The third-order valence-electron chi connectivity index (χ3n) is 4.67. The minimum atomic E-state index is 0.410. The summed E-state index contributed by atoms with van der Waals surface area (Å²) in [7, 11) is 0. The van der Waals surface area contributed by atoms with Crippen LogP contribution in [0.2, 0.25) is 0 Å². The van der Waals surface area contributed by atoms with Crippen LogP contribution in [0.5, 0.6) is 0 Å². The number of allylic oxidation sites excluding steroid dienone is 6.